The van der Waals surface area contributed by atoms with Crippen molar-refractivity contribution >= 4 is 18.2 Å². The third-order valence-electron chi connectivity index (χ3n) is 1.86. The fraction of sp³-hybridized carbons (Fsp3) is 0.667. The molecule has 0 amide bonds. The second-order valence-electron chi connectivity index (χ2n) is 3.16. The first-order chi connectivity index (χ1) is 6.56. The zero-order chi connectivity index (χ0) is 11.0. The molecule has 0 aliphatic carbocycles. The Morgan fingerprint density at radius 1 is 1.14 bits per heavy atom. The molecular weight excluding hydrogens is 188 g/mol. The molecular formula is C9H14O5. The van der Waals surface area contributed by atoms with Gasteiger partial charge in [-0.3, -0.25) is 9.59 Å². The van der Waals surface area contributed by atoms with Crippen molar-refractivity contribution in [1.29, 1.82) is 0 Å². The van der Waals surface area contributed by atoms with E-state index >= 15 is 0 Å². The lowest BCUT2D eigenvalue weighted by molar-refractivity contribution is -0.140. The normalized spacial score (nSPS) is 10.1. The molecule has 0 aromatic carbocycles. The molecule has 0 heterocycles. The number of carbonyl (C=O) groups excluding carboxylic acids is 1. The first kappa shape index (κ1) is 12.6. The predicted octanol–water partition coefficient (Wildman–Crippen LogP) is 0.921. The zero-order valence-corrected chi connectivity index (χ0v) is 7.81. The van der Waals surface area contributed by atoms with Crippen molar-refractivity contribution in [3.8, 4) is 0 Å². The van der Waals surface area contributed by atoms with Crippen molar-refractivity contribution in [2.75, 3.05) is 0 Å². The molecule has 80 valence electrons. The number of carboxylic acids is 2. The van der Waals surface area contributed by atoms with Crippen LogP contribution in [0.2, 0.25) is 0 Å². The Labute approximate surface area is 81.7 Å². The van der Waals surface area contributed by atoms with Gasteiger partial charge in [-0.1, -0.05) is 0 Å². The van der Waals surface area contributed by atoms with Crippen LogP contribution in [0, 0.1) is 5.92 Å². The minimum atomic E-state index is -0.998. The molecule has 0 saturated carbocycles. The lowest BCUT2D eigenvalue weighted by Crippen LogP contribution is -2.12. The second-order valence-corrected chi connectivity index (χ2v) is 3.16. The lowest BCUT2D eigenvalue weighted by atomic mass is 9.95. The standard InChI is InChI=1S/C9H14O5/c10-4-2-1-3-7(5-8(11)12)6-9(13)14/h4,7H,1-3,5-6H2,(H,11,12)(H,13,14). The van der Waals surface area contributed by atoms with E-state index in [9.17, 15) is 14.4 Å². The average Bonchev–Trinajstić information content (AvgIpc) is 2.02. The van der Waals surface area contributed by atoms with Gasteiger partial charge >= 0.3 is 11.9 Å². The first-order valence-corrected chi connectivity index (χ1v) is 4.43. The fourth-order valence-corrected chi connectivity index (χ4v) is 1.26. The van der Waals surface area contributed by atoms with E-state index in [2.05, 4.69) is 0 Å². The molecule has 0 aromatic rings. The summed E-state index contributed by atoms with van der Waals surface area (Å²) in [7, 11) is 0. The molecule has 5 heteroatoms. The van der Waals surface area contributed by atoms with Crippen LogP contribution in [0.1, 0.15) is 32.1 Å². The van der Waals surface area contributed by atoms with E-state index in [4.69, 9.17) is 10.2 Å². The minimum absolute atomic E-state index is 0.148. The smallest absolute Gasteiger partial charge is 0.303 e. The Morgan fingerprint density at radius 2 is 1.64 bits per heavy atom. The van der Waals surface area contributed by atoms with E-state index < -0.39 is 11.9 Å². The highest BCUT2D eigenvalue weighted by atomic mass is 16.4. The molecule has 0 atom stereocenters. The van der Waals surface area contributed by atoms with Gasteiger partial charge in [-0.15, -0.1) is 0 Å². The van der Waals surface area contributed by atoms with Crippen molar-refractivity contribution in [3.63, 3.8) is 0 Å². The third kappa shape index (κ3) is 7.27. The number of aldehydes is 1. The van der Waals surface area contributed by atoms with Crippen molar-refractivity contribution < 1.29 is 24.6 Å². The van der Waals surface area contributed by atoms with Gasteiger partial charge < -0.3 is 15.0 Å². The van der Waals surface area contributed by atoms with E-state index in [1.807, 2.05) is 0 Å². The molecule has 0 spiro atoms. The number of hydrogen-bond acceptors (Lipinski definition) is 3. The van der Waals surface area contributed by atoms with Crippen molar-refractivity contribution in [2.45, 2.75) is 32.1 Å². The van der Waals surface area contributed by atoms with E-state index in [-0.39, 0.29) is 18.8 Å². The quantitative estimate of drug-likeness (QED) is 0.451. The molecule has 5 nitrogen and oxygen atoms in total. The van der Waals surface area contributed by atoms with Gasteiger partial charge in [0, 0.05) is 19.3 Å². The van der Waals surface area contributed by atoms with Gasteiger partial charge in [0.15, 0.2) is 0 Å². The third-order valence-corrected chi connectivity index (χ3v) is 1.86. The van der Waals surface area contributed by atoms with Gasteiger partial charge in [-0.25, -0.2) is 0 Å². The van der Waals surface area contributed by atoms with Gasteiger partial charge in [0.2, 0.25) is 0 Å². The summed E-state index contributed by atoms with van der Waals surface area (Å²) in [6, 6.07) is 0. The van der Waals surface area contributed by atoms with Gasteiger partial charge in [0.05, 0.1) is 0 Å². The second kappa shape index (κ2) is 7.06. The Morgan fingerprint density at radius 3 is 2.00 bits per heavy atom. The molecule has 0 unspecified atom stereocenters. The summed E-state index contributed by atoms with van der Waals surface area (Å²) < 4.78 is 0. The van der Waals surface area contributed by atoms with Crippen molar-refractivity contribution in [2.24, 2.45) is 5.92 Å². The Balaban J connectivity index is 3.89. The topological polar surface area (TPSA) is 91.7 Å². The van der Waals surface area contributed by atoms with Crippen LogP contribution in [0.5, 0.6) is 0 Å². The summed E-state index contributed by atoms with van der Waals surface area (Å²) in [4.78, 5) is 30.7. The zero-order valence-electron chi connectivity index (χ0n) is 7.81. The molecule has 0 aliphatic heterocycles. The highest BCUT2D eigenvalue weighted by molar-refractivity contribution is 5.70. The van der Waals surface area contributed by atoms with E-state index in [0.717, 1.165) is 6.29 Å². The Hall–Kier alpha value is -1.39. The van der Waals surface area contributed by atoms with Gasteiger partial charge in [-0.2, -0.15) is 0 Å². The summed E-state index contributed by atoms with van der Waals surface area (Å²) in [6.07, 6.45) is 1.83. The fourth-order valence-electron chi connectivity index (χ4n) is 1.26. The molecule has 0 aliphatic rings. The molecule has 0 fully saturated rings. The van der Waals surface area contributed by atoms with E-state index in [1.165, 1.54) is 0 Å². The number of hydrogen-bond donors (Lipinski definition) is 2. The summed E-state index contributed by atoms with van der Waals surface area (Å²) in [5.74, 6) is -2.37. The monoisotopic (exact) mass is 202 g/mol. The van der Waals surface area contributed by atoms with Crippen LogP contribution in [-0.2, 0) is 14.4 Å². The first-order valence-electron chi connectivity index (χ1n) is 4.43. The molecule has 14 heavy (non-hydrogen) atoms. The number of carboxylic acid groups (broad SMARTS) is 2. The minimum Gasteiger partial charge on any atom is -0.481 e. The number of carbonyl (C=O) groups is 3. The SMILES string of the molecule is O=CCCCC(CC(=O)O)CC(=O)O. The molecule has 2 N–H and O–H groups in total. The van der Waals surface area contributed by atoms with Crippen molar-refractivity contribution in [1.82, 2.24) is 0 Å². The highest BCUT2D eigenvalue weighted by Gasteiger charge is 2.16. The number of rotatable bonds is 8. The highest BCUT2D eigenvalue weighted by Crippen LogP contribution is 2.16. The van der Waals surface area contributed by atoms with Gasteiger partial charge in [-0.05, 0) is 18.8 Å². The lowest BCUT2D eigenvalue weighted by Gasteiger charge is -2.10. The van der Waals surface area contributed by atoms with E-state index in [1.54, 1.807) is 0 Å². The van der Waals surface area contributed by atoms with Crippen LogP contribution in [0.3, 0.4) is 0 Å². The maximum absolute atomic E-state index is 10.4. The Bertz CT molecular complexity index is 195. The van der Waals surface area contributed by atoms with Crippen molar-refractivity contribution in [3.05, 3.63) is 0 Å². The Kier molecular flexibility index (Phi) is 6.36. The molecule has 0 aromatic heterocycles. The number of unbranched alkanes of at least 4 members (excludes halogenated alkanes) is 1. The van der Waals surface area contributed by atoms with E-state index in [0.29, 0.717) is 19.3 Å². The van der Waals surface area contributed by atoms with Crippen LogP contribution in [0.4, 0.5) is 0 Å². The molecule has 0 rings (SSSR count). The summed E-state index contributed by atoms with van der Waals surface area (Å²) in [6.45, 7) is 0. The summed E-state index contributed by atoms with van der Waals surface area (Å²) in [5.41, 5.74) is 0. The van der Waals surface area contributed by atoms with Gasteiger partial charge in [0.1, 0.15) is 6.29 Å². The van der Waals surface area contributed by atoms with Crippen LogP contribution < -0.4 is 0 Å². The molecule has 0 radical (unpaired) electrons. The van der Waals surface area contributed by atoms with Crippen LogP contribution >= 0.6 is 0 Å². The number of aliphatic carboxylic acids is 2. The van der Waals surface area contributed by atoms with Crippen LogP contribution in [0.15, 0.2) is 0 Å². The predicted molar refractivity (Wildman–Crippen MR) is 47.9 cm³/mol. The van der Waals surface area contributed by atoms with Crippen LogP contribution in [-0.4, -0.2) is 28.4 Å². The average molecular weight is 202 g/mol. The van der Waals surface area contributed by atoms with Gasteiger partial charge in [0.25, 0.3) is 0 Å². The summed E-state index contributed by atoms with van der Waals surface area (Å²) in [5, 5.41) is 17.0. The molecule has 0 bridgehead atoms. The largest absolute Gasteiger partial charge is 0.481 e. The maximum atomic E-state index is 10.4. The molecule has 0 saturated heterocycles. The van der Waals surface area contributed by atoms with Crippen LogP contribution in [0.25, 0.3) is 0 Å². The maximum Gasteiger partial charge on any atom is 0.303 e. The summed E-state index contributed by atoms with van der Waals surface area (Å²) >= 11 is 0.